The van der Waals surface area contributed by atoms with Gasteiger partial charge in [-0.05, 0) is 58.2 Å². The van der Waals surface area contributed by atoms with Gasteiger partial charge < -0.3 is 20.7 Å². The van der Waals surface area contributed by atoms with E-state index < -0.39 is 5.60 Å². The third-order valence-corrected chi connectivity index (χ3v) is 3.72. The van der Waals surface area contributed by atoms with Gasteiger partial charge in [-0.15, -0.1) is 0 Å². The van der Waals surface area contributed by atoms with Crippen molar-refractivity contribution in [2.45, 2.75) is 52.2 Å². The molecule has 0 aromatic heterocycles. The van der Waals surface area contributed by atoms with E-state index in [0.717, 1.165) is 24.2 Å². The zero-order chi connectivity index (χ0) is 16.3. The number of rotatable bonds is 2. The lowest BCUT2D eigenvalue weighted by Crippen LogP contribution is -2.44. The summed E-state index contributed by atoms with van der Waals surface area (Å²) < 4.78 is 5.41. The molecule has 1 heterocycles. The fourth-order valence-corrected chi connectivity index (χ4v) is 2.55. The topological polar surface area (TPSA) is 67.6 Å². The summed E-state index contributed by atoms with van der Waals surface area (Å²) in [6.07, 6.45) is 1.57. The number of piperidine rings is 1. The maximum atomic E-state index is 12.0. The number of anilines is 2. The summed E-state index contributed by atoms with van der Waals surface area (Å²) >= 11 is 0. The molecule has 1 amide bonds. The number of likely N-dealkylation sites (tertiary alicyclic amines) is 1. The Balaban J connectivity index is 1.87. The molecule has 0 bridgehead atoms. The van der Waals surface area contributed by atoms with Crippen LogP contribution < -0.4 is 11.1 Å². The fraction of sp³-hybridized carbons (Fsp3) is 0.588. The van der Waals surface area contributed by atoms with Crippen LogP contribution in [0.4, 0.5) is 16.2 Å². The fourth-order valence-electron chi connectivity index (χ4n) is 2.55. The van der Waals surface area contributed by atoms with Gasteiger partial charge in [-0.2, -0.15) is 0 Å². The molecule has 1 fully saturated rings. The number of ether oxygens (including phenoxy) is 1. The van der Waals surface area contributed by atoms with Gasteiger partial charge in [0.05, 0.1) is 11.4 Å². The predicted octanol–water partition coefficient (Wildman–Crippen LogP) is 3.39. The van der Waals surface area contributed by atoms with Gasteiger partial charge in [0.25, 0.3) is 0 Å². The van der Waals surface area contributed by atoms with Crippen molar-refractivity contribution in [3.63, 3.8) is 0 Å². The van der Waals surface area contributed by atoms with Crippen molar-refractivity contribution < 1.29 is 9.53 Å². The number of nitrogen functional groups attached to an aromatic ring is 1. The Morgan fingerprint density at radius 3 is 2.55 bits per heavy atom. The van der Waals surface area contributed by atoms with E-state index in [1.165, 1.54) is 5.56 Å². The van der Waals surface area contributed by atoms with Crippen LogP contribution in [0, 0.1) is 6.92 Å². The van der Waals surface area contributed by atoms with Crippen LogP contribution in [0.3, 0.4) is 0 Å². The Morgan fingerprint density at radius 2 is 1.95 bits per heavy atom. The molecule has 1 aliphatic heterocycles. The van der Waals surface area contributed by atoms with Gasteiger partial charge in [-0.25, -0.2) is 4.79 Å². The minimum absolute atomic E-state index is 0.221. The smallest absolute Gasteiger partial charge is 0.410 e. The van der Waals surface area contributed by atoms with Crippen LogP contribution >= 0.6 is 0 Å². The van der Waals surface area contributed by atoms with E-state index in [9.17, 15) is 4.79 Å². The molecular weight excluding hydrogens is 278 g/mol. The minimum Gasteiger partial charge on any atom is -0.444 e. The van der Waals surface area contributed by atoms with Crippen molar-refractivity contribution in [2.24, 2.45) is 0 Å². The van der Waals surface area contributed by atoms with Crippen LogP contribution in [-0.4, -0.2) is 35.7 Å². The molecule has 22 heavy (non-hydrogen) atoms. The molecule has 1 aromatic rings. The van der Waals surface area contributed by atoms with E-state index in [0.29, 0.717) is 19.1 Å². The zero-order valence-corrected chi connectivity index (χ0v) is 14.0. The summed E-state index contributed by atoms with van der Waals surface area (Å²) in [5.74, 6) is 0. The van der Waals surface area contributed by atoms with Crippen molar-refractivity contribution in [2.75, 3.05) is 24.1 Å². The Labute approximate surface area is 132 Å². The number of hydrogen-bond acceptors (Lipinski definition) is 4. The van der Waals surface area contributed by atoms with Crippen molar-refractivity contribution in [3.8, 4) is 0 Å². The number of nitrogens with one attached hydrogen (secondary N) is 1. The molecule has 0 atom stereocenters. The lowest BCUT2D eigenvalue weighted by molar-refractivity contribution is 0.0210. The zero-order valence-electron chi connectivity index (χ0n) is 14.0. The van der Waals surface area contributed by atoms with Crippen LogP contribution in [0.15, 0.2) is 18.2 Å². The number of aryl methyl sites for hydroxylation is 1. The monoisotopic (exact) mass is 305 g/mol. The highest BCUT2D eigenvalue weighted by molar-refractivity contribution is 5.69. The molecule has 122 valence electrons. The second-order valence-corrected chi connectivity index (χ2v) is 6.98. The number of hydrogen-bond donors (Lipinski definition) is 2. The first-order chi connectivity index (χ1) is 10.2. The van der Waals surface area contributed by atoms with Gasteiger partial charge >= 0.3 is 6.09 Å². The Kier molecular flexibility index (Phi) is 4.84. The SMILES string of the molecule is Cc1ccc(N)c(NC2CCN(C(=O)OC(C)(C)C)CC2)c1. The molecule has 5 nitrogen and oxygen atoms in total. The minimum atomic E-state index is -0.442. The van der Waals surface area contributed by atoms with Crippen LogP contribution in [0.2, 0.25) is 0 Å². The lowest BCUT2D eigenvalue weighted by Gasteiger charge is -2.34. The average molecular weight is 305 g/mol. The number of carbonyl (C=O) groups is 1. The van der Waals surface area contributed by atoms with Gasteiger partial charge in [0.1, 0.15) is 5.60 Å². The molecule has 1 aromatic carbocycles. The van der Waals surface area contributed by atoms with Crippen molar-refractivity contribution >= 4 is 17.5 Å². The Morgan fingerprint density at radius 1 is 1.32 bits per heavy atom. The van der Waals surface area contributed by atoms with Crippen LogP contribution in [0.1, 0.15) is 39.2 Å². The molecule has 3 N–H and O–H groups in total. The van der Waals surface area contributed by atoms with E-state index in [1.54, 1.807) is 4.90 Å². The number of nitrogens with zero attached hydrogens (tertiary/aromatic N) is 1. The number of carbonyl (C=O) groups excluding carboxylic acids is 1. The van der Waals surface area contributed by atoms with Gasteiger partial charge in [0.2, 0.25) is 0 Å². The van der Waals surface area contributed by atoms with Crippen LogP contribution in [0.25, 0.3) is 0 Å². The van der Waals surface area contributed by atoms with E-state index >= 15 is 0 Å². The molecular formula is C17H27N3O2. The largest absolute Gasteiger partial charge is 0.444 e. The van der Waals surface area contributed by atoms with Crippen molar-refractivity contribution in [1.82, 2.24) is 4.90 Å². The summed E-state index contributed by atoms with van der Waals surface area (Å²) in [6.45, 7) is 9.13. The molecule has 0 radical (unpaired) electrons. The lowest BCUT2D eigenvalue weighted by atomic mass is 10.0. The van der Waals surface area contributed by atoms with E-state index in [-0.39, 0.29) is 6.09 Å². The third-order valence-electron chi connectivity index (χ3n) is 3.72. The first kappa shape index (κ1) is 16.5. The molecule has 0 aliphatic carbocycles. The van der Waals surface area contributed by atoms with Gasteiger partial charge in [0.15, 0.2) is 0 Å². The van der Waals surface area contributed by atoms with Crippen LogP contribution in [-0.2, 0) is 4.74 Å². The predicted molar refractivity (Wildman–Crippen MR) is 90.0 cm³/mol. The molecule has 0 unspecified atom stereocenters. The first-order valence-corrected chi connectivity index (χ1v) is 7.85. The molecule has 2 rings (SSSR count). The maximum absolute atomic E-state index is 12.0. The van der Waals surface area contributed by atoms with Gasteiger partial charge in [-0.1, -0.05) is 6.07 Å². The summed E-state index contributed by atoms with van der Waals surface area (Å²) in [4.78, 5) is 13.8. The van der Waals surface area contributed by atoms with Crippen molar-refractivity contribution in [1.29, 1.82) is 0 Å². The van der Waals surface area contributed by atoms with Crippen molar-refractivity contribution in [3.05, 3.63) is 23.8 Å². The van der Waals surface area contributed by atoms with E-state index in [2.05, 4.69) is 18.3 Å². The number of benzene rings is 1. The molecule has 0 spiro atoms. The maximum Gasteiger partial charge on any atom is 0.410 e. The summed E-state index contributed by atoms with van der Waals surface area (Å²) in [5, 5.41) is 3.49. The summed E-state index contributed by atoms with van der Waals surface area (Å²) in [6, 6.07) is 6.33. The van der Waals surface area contributed by atoms with Crippen LogP contribution in [0.5, 0.6) is 0 Å². The molecule has 0 saturated carbocycles. The quantitative estimate of drug-likeness (QED) is 0.822. The average Bonchev–Trinajstić information content (AvgIpc) is 2.42. The van der Waals surface area contributed by atoms with E-state index in [4.69, 9.17) is 10.5 Å². The second-order valence-electron chi connectivity index (χ2n) is 6.98. The Hall–Kier alpha value is -1.91. The van der Waals surface area contributed by atoms with E-state index in [1.807, 2.05) is 32.9 Å². The highest BCUT2D eigenvalue weighted by Crippen LogP contribution is 2.24. The highest BCUT2D eigenvalue weighted by atomic mass is 16.6. The number of amides is 1. The standard InChI is InChI=1S/C17H27N3O2/c1-12-5-6-14(18)15(11-12)19-13-7-9-20(10-8-13)16(21)22-17(2,3)4/h5-6,11,13,19H,7-10,18H2,1-4H3. The molecule has 5 heteroatoms. The molecule has 1 aliphatic rings. The van der Waals surface area contributed by atoms with Gasteiger partial charge in [0, 0.05) is 19.1 Å². The normalized spacial score (nSPS) is 16.5. The first-order valence-electron chi connectivity index (χ1n) is 7.85. The summed E-state index contributed by atoms with van der Waals surface area (Å²) in [5.41, 5.74) is 8.49. The van der Waals surface area contributed by atoms with Gasteiger partial charge in [-0.3, -0.25) is 0 Å². The number of nitrogens with two attached hydrogens (primary N) is 1. The third kappa shape index (κ3) is 4.55. The highest BCUT2D eigenvalue weighted by Gasteiger charge is 2.26. The second kappa shape index (κ2) is 6.46. The summed E-state index contributed by atoms with van der Waals surface area (Å²) in [7, 11) is 0. The molecule has 1 saturated heterocycles. The Bertz CT molecular complexity index is 529.